The molecular formula is C26H31FN4. The van der Waals surface area contributed by atoms with Crippen LogP contribution in [0.5, 0.6) is 0 Å². The Morgan fingerprint density at radius 3 is 2.42 bits per heavy atom. The number of nitrogens with one attached hydrogen (secondary N) is 1. The first-order chi connectivity index (χ1) is 15.0. The average Bonchev–Trinajstić information content (AvgIpc) is 2.74. The first-order valence-electron chi connectivity index (χ1n) is 10.9. The second-order valence-electron chi connectivity index (χ2n) is 7.79. The monoisotopic (exact) mass is 418 g/mol. The summed E-state index contributed by atoms with van der Waals surface area (Å²) in [6.45, 7) is 12.4. The molecular weight excluding hydrogens is 387 g/mol. The molecule has 4 nitrogen and oxygen atoms in total. The minimum absolute atomic E-state index is 0.245. The summed E-state index contributed by atoms with van der Waals surface area (Å²) in [5.74, 6) is 0.497. The fourth-order valence-electron chi connectivity index (χ4n) is 3.64. The highest BCUT2D eigenvalue weighted by molar-refractivity contribution is 5.64. The van der Waals surface area contributed by atoms with E-state index in [2.05, 4.69) is 46.7 Å². The van der Waals surface area contributed by atoms with Gasteiger partial charge in [0.05, 0.1) is 11.9 Å². The van der Waals surface area contributed by atoms with Gasteiger partial charge in [-0.25, -0.2) is 9.37 Å². The molecule has 3 aromatic rings. The van der Waals surface area contributed by atoms with Crippen LogP contribution in [0.1, 0.15) is 37.9 Å². The molecule has 0 saturated heterocycles. The largest absolute Gasteiger partial charge is 0.370 e. The maximum Gasteiger partial charge on any atom is 0.131 e. The molecule has 0 aliphatic carbocycles. The summed E-state index contributed by atoms with van der Waals surface area (Å²) in [6, 6.07) is 13.1. The molecule has 0 bridgehead atoms. The van der Waals surface area contributed by atoms with Gasteiger partial charge in [0.25, 0.3) is 0 Å². The van der Waals surface area contributed by atoms with E-state index < -0.39 is 0 Å². The summed E-state index contributed by atoms with van der Waals surface area (Å²) in [4.78, 5) is 11.1. The van der Waals surface area contributed by atoms with Gasteiger partial charge in [0.15, 0.2) is 0 Å². The Kier molecular flexibility index (Phi) is 7.76. The van der Waals surface area contributed by atoms with Gasteiger partial charge < -0.3 is 10.2 Å². The highest BCUT2D eigenvalue weighted by Gasteiger charge is 2.09. The molecule has 0 unspecified atom stereocenters. The van der Waals surface area contributed by atoms with E-state index in [0.717, 1.165) is 60.0 Å². The lowest BCUT2D eigenvalue weighted by molar-refractivity contribution is 0.629. The average molecular weight is 419 g/mol. The fourth-order valence-corrected chi connectivity index (χ4v) is 3.64. The van der Waals surface area contributed by atoms with Crippen LogP contribution in [0, 0.1) is 12.7 Å². The summed E-state index contributed by atoms with van der Waals surface area (Å²) >= 11 is 0. The molecule has 162 valence electrons. The van der Waals surface area contributed by atoms with Crippen LogP contribution in [-0.4, -0.2) is 23.1 Å². The molecule has 2 heterocycles. The molecule has 0 aliphatic rings. The van der Waals surface area contributed by atoms with Crippen molar-refractivity contribution in [1.29, 1.82) is 0 Å². The number of halogens is 1. The molecule has 0 saturated carbocycles. The summed E-state index contributed by atoms with van der Waals surface area (Å²) < 4.78 is 14.7. The van der Waals surface area contributed by atoms with Gasteiger partial charge in [0.1, 0.15) is 11.6 Å². The van der Waals surface area contributed by atoms with Gasteiger partial charge in [-0.05, 0) is 61.2 Å². The van der Waals surface area contributed by atoms with Gasteiger partial charge in [-0.3, -0.25) is 4.98 Å². The third kappa shape index (κ3) is 6.14. The van der Waals surface area contributed by atoms with Crippen molar-refractivity contribution in [3.05, 3.63) is 84.2 Å². The molecule has 31 heavy (non-hydrogen) atoms. The number of aromatic nitrogens is 2. The van der Waals surface area contributed by atoms with E-state index in [-0.39, 0.29) is 5.82 Å². The lowest BCUT2D eigenvalue weighted by Gasteiger charge is -2.23. The number of aryl methyl sites for hydroxylation is 1. The minimum atomic E-state index is -0.245. The Hall–Kier alpha value is -3.21. The lowest BCUT2D eigenvalue weighted by Crippen LogP contribution is -2.24. The fraction of sp³-hybridized carbons (Fsp3) is 0.308. The molecule has 0 radical (unpaired) electrons. The van der Waals surface area contributed by atoms with E-state index in [9.17, 15) is 4.39 Å². The first-order valence-corrected chi connectivity index (χ1v) is 10.9. The molecule has 0 amide bonds. The van der Waals surface area contributed by atoms with Crippen molar-refractivity contribution in [3.8, 4) is 11.1 Å². The molecule has 1 N–H and O–H groups in total. The van der Waals surface area contributed by atoms with E-state index in [1.807, 2.05) is 43.5 Å². The van der Waals surface area contributed by atoms with Crippen molar-refractivity contribution < 1.29 is 4.39 Å². The number of benzene rings is 1. The molecule has 0 fully saturated rings. The number of hydrogen-bond donors (Lipinski definition) is 1. The van der Waals surface area contributed by atoms with Gasteiger partial charge in [0, 0.05) is 42.7 Å². The van der Waals surface area contributed by atoms with Gasteiger partial charge in [0.2, 0.25) is 0 Å². The first kappa shape index (κ1) is 22.5. The van der Waals surface area contributed by atoms with Crippen LogP contribution < -0.4 is 10.2 Å². The number of hydrogen-bond acceptors (Lipinski definition) is 4. The van der Waals surface area contributed by atoms with Crippen LogP contribution in [-0.2, 0) is 6.42 Å². The highest BCUT2D eigenvalue weighted by Crippen LogP contribution is 2.25. The van der Waals surface area contributed by atoms with Crippen LogP contribution in [0.3, 0.4) is 0 Å². The van der Waals surface area contributed by atoms with E-state index in [1.54, 1.807) is 12.3 Å². The third-order valence-electron chi connectivity index (χ3n) is 5.06. The SMILES string of the molecule is C=C(Cc1ccc(-c2ccnc(C)c2)c(F)c1)Nc1ccc(N(CCC)CCC)cn1. The predicted molar refractivity (Wildman–Crippen MR) is 128 cm³/mol. The second-order valence-corrected chi connectivity index (χ2v) is 7.79. The summed E-state index contributed by atoms with van der Waals surface area (Å²) in [5, 5.41) is 3.24. The zero-order valence-corrected chi connectivity index (χ0v) is 18.7. The van der Waals surface area contributed by atoms with E-state index in [1.165, 1.54) is 0 Å². The summed E-state index contributed by atoms with van der Waals surface area (Å²) in [7, 11) is 0. The van der Waals surface area contributed by atoms with E-state index in [4.69, 9.17) is 0 Å². The Bertz CT molecular complexity index is 1010. The number of pyridine rings is 2. The molecule has 0 atom stereocenters. The van der Waals surface area contributed by atoms with Crippen molar-refractivity contribution in [2.75, 3.05) is 23.3 Å². The van der Waals surface area contributed by atoms with Crippen molar-refractivity contribution in [2.24, 2.45) is 0 Å². The molecule has 0 spiro atoms. The molecule has 5 heteroatoms. The van der Waals surface area contributed by atoms with Crippen molar-refractivity contribution in [3.63, 3.8) is 0 Å². The van der Waals surface area contributed by atoms with Gasteiger partial charge in [-0.2, -0.15) is 0 Å². The van der Waals surface area contributed by atoms with Gasteiger partial charge in [-0.15, -0.1) is 0 Å². The highest BCUT2D eigenvalue weighted by atomic mass is 19.1. The Balaban J connectivity index is 1.63. The van der Waals surface area contributed by atoms with Crippen molar-refractivity contribution in [2.45, 2.75) is 40.0 Å². The smallest absolute Gasteiger partial charge is 0.131 e. The molecule has 3 rings (SSSR count). The van der Waals surface area contributed by atoms with Crippen molar-refractivity contribution in [1.82, 2.24) is 9.97 Å². The lowest BCUT2D eigenvalue weighted by atomic mass is 10.0. The van der Waals surface area contributed by atoms with Crippen LogP contribution in [0.4, 0.5) is 15.9 Å². The zero-order valence-electron chi connectivity index (χ0n) is 18.7. The second kappa shape index (κ2) is 10.7. The standard InChI is InChI=1S/C26H31FN4/c1-5-13-31(14-6-2)23-8-10-26(29-18-23)30-20(4)15-21-7-9-24(25(27)17-21)22-11-12-28-19(3)16-22/h7-12,16-18H,4-6,13-15H2,1-3H3,(H,29,30). The molecule has 2 aromatic heterocycles. The quantitative estimate of drug-likeness (QED) is 0.414. The topological polar surface area (TPSA) is 41.1 Å². The van der Waals surface area contributed by atoms with E-state index >= 15 is 0 Å². The molecule has 0 aliphatic heterocycles. The Morgan fingerprint density at radius 2 is 1.81 bits per heavy atom. The number of nitrogens with zero attached hydrogens (tertiary/aromatic N) is 3. The Morgan fingerprint density at radius 1 is 1.03 bits per heavy atom. The zero-order chi connectivity index (χ0) is 22.2. The maximum atomic E-state index is 14.7. The van der Waals surface area contributed by atoms with Crippen LogP contribution in [0.25, 0.3) is 11.1 Å². The predicted octanol–water partition coefficient (Wildman–Crippen LogP) is 6.39. The van der Waals surface area contributed by atoms with Crippen molar-refractivity contribution >= 4 is 11.5 Å². The number of anilines is 2. The summed E-state index contributed by atoms with van der Waals surface area (Å²) in [5.41, 5.74) is 5.03. The summed E-state index contributed by atoms with van der Waals surface area (Å²) in [6.07, 6.45) is 6.32. The van der Waals surface area contributed by atoms with Crippen LogP contribution in [0.15, 0.2) is 67.1 Å². The third-order valence-corrected chi connectivity index (χ3v) is 5.06. The minimum Gasteiger partial charge on any atom is -0.370 e. The number of allylic oxidation sites excluding steroid dienone is 1. The van der Waals surface area contributed by atoms with Crippen LogP contribution in [0.2, 0.25) is 0 Å². The van der Waals surface area contributed by atoms with Crippen LogP contribution >= 0.6 is 0 Å². The normalized spacial score (nSPS) is 10.7. The molecule has 1 aromatic carbocycles. The van der Waals surface area contributed by atoms with Gasteiger partial charge >= 0.3 is 0 Å². The maximum absolute atomic E-state index is 14.7. The Labute approximate surface area is 184 Å². The van der Waals surface area contributed by atoms with Gasteiger partial charge in [-0.1, -0.05) is 32.6 Å². The number of rotatable bonds is 10. The van der Waals surface area contributed by atoms with E-state index in [0.29, 0.717) is 12.0 Å².